The number of amides is 2. The zero-order valence-corrected chi connectivity index (χ0v) is 25.5. The number of rotatable bonds is 7. The number of terminal acetylenes is 1. The fraction of sp³-hybridized carbons (Fsp3) is 0.324. The molecule has 1 aliphatic heterocycles. The molecule has 1 aromatic heterocycles. The largest absolute Gasteiger partial charge is 0.451 e. The fourth-order valence-corrected chi connectivity index (χ4v) is 4.60. The van der Waals surface area contributed by atoms with Gasteiger partial charge in [-0.3, -0.25) is 14.4 Å². The summed E-state index contributed by atoms with van der Waals surface area (Å²) in [6, 6.07) is 15.7. The van der Waals surface area contributed by atoms with Crippen LogP contribution in [0.2, 0.25) is 5.02 Å². The van der Waals surface area contributed by atoms with Crippen LogP contribution in [0, 0.1) is 25.2 Å². The molecule has 2 aromatic carbocycles. The number of nitrogens with one attached hydrogen (secondary N) is 2. The van der Waals surface area contributed by atoms with Crippen molar-refractivity contribution in [2.45, 2.75) is 40.5 Å². The Morgan fingerprint density at radius 2 is 1.69 bits per heavy atom. The molecular formula is C34H40ClN3O4. The molecule has 1 fully saturated rings. The minimum absolute atomic E-state index is 0.00749. The molecule has 3 aromatic rings. The van der Waals surface area contributed by atoms with Crippen molar-refractivity contribution in [1.82, 2.24) is 15.5 Å². The molecular weight excluding hydrogens is 550 g/mol. The number of benzene rings is 2. The van der Waals surface area contributed by atoms with Crippen LogP contribution in [0.25, 0.3) is 11.0 Å². The molecule has 2 heterocycles. The lowest BCUT2D eigenvalue weighted by atomic mass is 9.77. The van der Waals surface area contributed by atoms with Crippen LogP contribution in [-0.2, 0) is 4.79 Å². The van der Waals surface area contributed by atoms with E-state index in [2.05, 4.69) is 35.6 Å². The Hall–Kier alpha value is -4.28. The summed E-state index contributed by atoms with van der Waals surface area (Å²) < 4.78 is 5.54. The van der Waals surface area contributed by atoms with Crippen molar-refractivity contribution in [1.29, 1.82) is 0 Å². The van der Waals surface area contributed by atoms with E-state index in [0.717, 1.165) is 36.2 Å². The van der Waals surface area contributed by atoms with Gasteiger partial charge in [-0.2, -0.15) is 0 Å². The summed E-state index contributed by atoms with van der Waals surface area (Å²) >= 11 is 5.61. The van der Waals surface area contributed by atoms with Crippen LogP contribution in [0.3, 0.4) is 0 Å². The van der Waals surface area contributed by atoms with Crippen molar-refractivity contribution in [3.8, 4) is 12.8 Å². The molecule has 1 aliphatic rings. The first-order chi connectivity index (χ1) is 20.2. The van der Waals surface area contributed by atoms with Crippen LogP contribution in [-0.4, -0.2) is 42.9 Å². The Morgan fingerprint density at radius 1 is 1.05 bits per heavy atom. The lowest BCUT2D eigenvalue weighted by Gasteiger charge is -2.40. The molecule has 2 N–H and O–H groups in total. The van der Waals surface area contributed by atoms with Gasteiger partial charge in [-0.05, 0) is 64.8 Å². The van der Waals surface area contributed by atoms with E-state index in [-0.39, 0.29) is 29.1 Å². The third-order valence-corrected chi connectivity index (χ3v) is 7.31. The Kier molecular flexibility index (Phi) is 13.6. The molecule has 8 heteroatoms. The number of fused-ring (bicyclic) bond motifs is 1. The number of allylic oxidation sites excluding steroid dienone is 3. The second-order valence-corrected chi connectivity index (χ2v) is 10.5. The number of nitrogens with zero attached hydrogens (tertiary/aromatic N) is 1. The van der Waals surface area contributed by atoms with Crippen molar-refractivity contribution in [2.24, 2.45) is 5.41 Å². The average Bonchev–Trinajstić information content (AvgIpc) is 3.01. The topological polar surface area (TPSA) is 91.7 Å². The molecule has 7 nitrogen and oxygen atoms in total. The molecule has 222 valence electrons. The summed E-state index contributed by atoms with van der Waals surface area (Å²) in [5.74, 6) is -0.821. The van der Waals surface area contributed by atoms with Crippen molar-refractivity contribution < 1.29 is 14.0 Å². The Morgan fingerprint density at radius 3 is 2.29 bits per heavy atom. The van der Waals surface area contributed by atoms with E-state index in [1.54, 1.807) is 29.2 Å². The molecule has 0 bridgehead atoms. The van der Waals surface area contributed by atoms with Crippen LogP contribution >= 0.6 is 11.6 Å². The predicted octanol–water partition coefficient (Wildman–Crippen LogP) is 6.12. The van der Waals surface area contributed by atoms with Gasteiger partial charge in [0.25, 0.3) is 5.91 Å². The fourth-order valence-electron chi connectivity index (χ4n) is 4.48. The number of para-hydroxylation sites is 1. The summed E-state index contributed by atoms with van der Waals surface area (Å²) in [4.78, 5) is 39.1. The van der Waals surface area contributed by atoms with Crippen molar-refractivity contribution >= 4 is 34.4 Å². The first-order valence-electron chi connectivity index (χ1n) is 13.8. The molecule has 0 atom stereocenters. The maximum absolute atomic E-state index is 12.7. The van der Waals surface area contributed by atoms with E-state index < -0.39 is 5.91 Å². The van der Waals surface area contributed by atoms with Gasteiger partial charge in [-0.25, -0.2) is 0 Å². The number of hydrogen-bond acceptors (Lipinski definition) is 5. The SMILES string of the molecule is C#C.C/C=C/C1(CN/C(C)=C/C)CCN(C(=O)CNC(=O)c2cc(=O)c3ccccc3o2)CC1.Cc1ccc(Cl)cc1. The number of halogens is 1. The normalized spacial score (nSPS) is 14.3. The minimum Gasteiger partial charge on any atom is -0.451 e. The van der Waals surface area contributed by atoms with Crippen molar-refractivity contribution in [3.05, 3.63) is 105 Å². The average molecular weight is 590 g/mol. The molecule has 0 unspecified atom stereocenters. The first-order valence-corrected chi connectivity index (χ1v) is 14.2. The monoisotopic (exact) mass is 589 g/mol. The van der Waals surface area contributed by atoms with Crippen LogP contribution in [0.4, 0.5) is 0 Å². The maximum Gasteiger partial charge on any atom is 0.287 e. The van der Waals surface area contributed by atoms with Gasteiger partial charge in [0.05, 0.1) is 11.9 Å². The van der Waals surface area contributed by atoms with Crippen LogP contribution in [0.15, 0.2) is 87.7 Å². The molecule has 0 radical (unpaired) electrons. The highest BCUT2D eigenvalue weighted by Crippen LogP contribution is 2.33. The predicted molar refractivity (Wildman–Crippen MR) is 171 cm³/mol. The van der Waals surface area contributed by atoms with Crippen molar-refractivity contribution in [2.75, 3.05) is 26.2 Å². The van der Waals surface area contributed by atoms with E-state index >= 15 is 0 Å². The number of piperidine rings is 1. The number of carbonyl (C=O) groups is 2. The number of carbonyl (C=O) groups excluding carboxylic acids is 2. The second-order valence-electron chi connectivity index (χ2n) is 10.0. The van der Waals surface area contributed by atoms with E-state index in [0.29, 0.717) is 24.1 Å². The highest BCUT2D eigenvalue weighted by Gasteiger charge is 2.33. The van der Waals surface area contributed by atoms with Gasteiger partial charge in [0.15, 0.2) is 11.2 Å². The molecule has 0 aliphatic carbocycles. The lowest BCUT2D eigenvalue weighted by molar-refractivity contribution is -0.132. The second kappa shape index (κ2) is 16.9. The summed E-state index contributed by atoms with van der Waals surface area (Å²) in [5, 5.41) is 7.26. The van der Waals surface area contributed by atoms with Gasteiger partial charge in [0.1, 0.15) is 5.58 Å². The lowest BCUT2D eigenvalue weighted by Crippen LogP contribution is -2.48. The van der Waals surface area contributed by atoms with Gasteiger partial charge in [0, 0.05) is 41.8 Å². The van der Waals surface area contributed by atoms with E-state index in [9.17, 15) is 14.4 Å². The van der Waals surface area contributed by atoms with Gasteiger partial charge in [-0.15, -0.1) is 12.8 Å². The molecule has 0 saturated carbocycles. The van der Waals surface area contributed by atoms with Gasteiger partial charge in [0.2, 0.25) is 5.91 Å². The number of likely N-dealkylation sites (tertiary alicyclic amines) is 1. The first kappa shape index (κ1) is 33.9. The summed E-state index contributed by atoms with van der Waals surface area (Å²) in [6.07, 6.45) is 16.0. The third kappa shape index (κ3) is 9.97. The Balaban J connectivity index is 0.000000525. The van der Waals surface area contributed by atoms with E-state index in [1.807, 2.05) is 58.0 Å². The smallest absolute Gasteiger partial charge is 0.287 e. The van der Waals surface area contributed by atoms with Crippen molar-refractivity contribution in [3.63, 3.8) is 0 Å². The highest BCUT2D eigenvalue weighted by molar-refractivity contribution is 6.30. The summed E-state index contributed by atoms with van der Waals surface area (Å²) in [6.45, 7) is 10.0. The van der Waals surface area contributed by atoms with Crippen LogP contribution in [0.5, 0.6) is 0 Å². The number of aryl methyl sites for hydroxylation is 1. The zero-order chi connectivity index (χ0) is 31.1. The van der Waals surface area contributed by atoms with Gasteiger partial charge < -0.3 is 20.0 Å². The molecule has 1 saturated heterocycles. The van der Waals surface area contributed by atoms with Crippen LogP contribution < -0.4 is 16.1 Å². The summed E-state index contributed by atoms with van der Waals surface area (Å²) in [7, 11) is 0. The molecule has 42 heavy (non-hydrogen) atoms. The highest BCUT2D eigenvalue weighted by atomic mass is 35.5. The standard InChI is InChI=1S/C25H31N3O4.C7H7Cl.C2H2/c1-4-10-25(17-27-18(3)5-2)11-13-28(14-12-25)23(30)16-26-24(31)22-15-20(29)19-8-6-7-9-21(19)32-22;1-6-2-4-7(8)5-3-6;1-2/h4-10,15,27H,11-14,16-17H2,1-3H3,(H,26,31);2-5H,1H3;1-2H/b10-4+,18-5+;;. The molecule has 2 amide bonds. The van der Waals surface area contributed by atoms with Gasteiger partial charge in [-0.1, -0.05) is 59.7 Å². The van der Waals surface area contributed by atoms with E-state index in [4.69, 9.17) is 16.0 Å². The third-order valence-electron chi connectivity index (χ3n) is 7.05. The van der Waals surface area contributed by atoms with Crippen LogP contribution in [0.1, 0.15) is 49.7 Å². The minimum atomic E-state index is -0.576. The zero-order valence-electron chi connectivity index (χ0n) is 24.8. The molecule has 0 spiro atoms. The number of hydrogen-bond donors (Lipinski definition) is 2. The van der Waals surface area contributed by atoms with E-state index in [1.165, 1.54) is 5.56 Å². The summed E-state index contributed by atoms with van der Waals surface area (Å²) in [5.41, 5.74) is 2.44. The van der Waals surface area contributed by atoms with Gasteiger partial charge >= 0.3 is 0 Å². The Bertz CT molecular complexity index is 1440. The Labute approximate surface area is 253 Å². The maximum atomic E-state index is 12.7. The quantitative estimate of drug-likeness (QED) is 0.256. The molecule has 4 rings (SSSR count).